The van der Waals surface area contributed by atoms with E-state index in [0.29, 0.717) is 23.5 Å². The lowest BCUT2D eigenvalue weighted by molar-refractivity contribution is -0.129. The van der Waals surface area contributed by atoms with Crippen molar-refractivity contribution in [1.29, 1.82) is 0 Å². The Hall–Kier alpha value is -3.60. The summed E-state index contributed by atoms with van der Waals surface area (Å²) in [6.45, 7) is 3.43. The van der Waals surface area contributed by atoms with Crippen molar-refractivity contribution in [2.45, 2.75) is 31.8 Å². The van der Waals surface area contributed by atoms with Crippen molar-refractivity contribution in [3.63, 3.8) is 0 Å². The molecule has 0 spiro atoms. The van der Waals surface area contributed by atoms with Crippen molar-refractivity contribution < 1.29 is 14.3 Å². The second-order valence-electron chi connectivity index (χ2n) is 7.90. The highest BCUT2D eigenvalue weighted by Crippen LogP contribution is 2.36. The van der Waals surface area contributed by atoms with Crippen LogP contribution in [0.3, 0.4) is 0 Å². The van der Waals surface area contributed by atoms with E-state index >= 15 is 0 Å². The minimum atomic E-state index is -0.920. The maximum Gasteiger partial charge on any atom is 0.268 e. The molecule has 152 valence electrons. The van der Waals surface area contributed by atoms with Crippen molar-refractivity contribution >= 4 is 23.2 Å². The van der Waals surface area contributed by atoms with E-state index in [9.17, 15) is 9.59 Å². The second-order valence-corrected chi connectivity index (χ2v) is 7.90. The Kier molecular flexibility index (Phi) is 5.27. The van der Waals surface area contributed by atoms with Gasteiger partial charge in [0.1, 0.15) is 5.75 Å². The van der Waals surface area contributed by atoms with E-state index in [2.05, 4.69) is 10.6 Å². The first-order valence-corrected chi connectivity index (χ1v) is 9.97. The highest BCUT2D eigenvalue weighted by Gasteiger charge is 2.35. The van der Waals surface area contributed by atoms with E-state index in [1.165, 1.54) is 0 Å². The monoisotopic (exact) mass is 400 g/mol. The molecule has 0 atom stereocenters. The van der Waals surface area contributed by atoms with E-state index in [-0.39, 0.29) is 17.7 Å². The lowest BCUT2D eigenvalue weighted by Crippen LogP contribution is -2.45. The summed E-state index contributed by atoms with van der Waals surface area (Å²) in [5.41, 5.74) is 2.43. The molecule has 1 aliphatic heterocycles. The summed E-state index contributed by atoms with van der Waals surface area (Å²) in [6, 6.07) is 25.3. The smallest absolute Gasteiger partial charge is 0.268 e. The normalized spacial score (nSPS) is 14.4. The number of amides is 2. The summed E-state index contributed by atoms with van der Waals surface area (Å²) in [6.07, 6.45) is 0.307. The van der Waals surface area contributed by atoms with E-state index in [4.69, 9.17) is 4.74 Å². The molecule has 0 aromatic heterocycles. The molecule has 0 radical (unpaired) electrons. The molecule has 5 heteroatoms. The van der Waals surface area contributed by atoms with Gasteiger partial charge in [-0.25, -0.2) is 0 Å². The molecular weight excluding hydrogens is 376 g/mol. The Morgan fingerprint density at radius 2 is 1.57 bits per heavy atom. The van der Waals surface area contributed by atoms with E-state index < -0.39 is 5.60 Å². The van der Waals surface area contributed by atoms with Crippen LogP contribution in [0.15, 0.2) is 78.9 Å². The number of nitrogens with one attached hydrogen (secondary N) is 2. The third-order valence-corrected chi connectivity index (χ3v) is 5.22. The van der Waals surface area contributed by atoms with Crippen LogP contribution >= 0.6 is 0 Å². The molecule has 0 bridgehead atoms. The SMILES string of the molecule is CC1(C)Oc2ccc(NC(=O)CC(c3ccccc3)c3ccccc3)cc2NC1=O. The van der Waals surface area contributed by atoms with Crippen LogP contribution in [0.25, 0.3) is 0 Å². The molecule has 0 saturated heterocycles. The zero-order valence-electron chi connectivity index (χ0n) is 17.0. The zero-order valence-corrected chi connectivity index (χ0v) is 17.0. The van der Waals surface area contributed by atoms with Gasteiger partial charge in [0.15, 0.2) is 5.60 Å². The van der Waals surface area contributed by atoms with Crippen LogP contribution in [0.5, 0.6) is 5.75 Å². The summed E-state index contributed by atoms with van der Waals surface area (Å²) in [4.78, 5) is 25.0. The Morgan fingerprint density at radius 1 is 0.967 bits per heavy atom. The molecule has 3 aromatic carbocycles. The number of hydrogen-bond donors (Lipinski definition) is 2. The Labute approximate surface area is 176 Å². The second kappa shape index (κ2) is 8.03. The van der Waals surface area contributed by atoms with Crippen LogP contribution in [0.2, 0.25) is 0 Å². The number of benzene rings is 3. The van der Waals surface area contributed by atoms with Gasteiger partial charge >= 0.3 is 0 Å². The van der Waals surface area contributed by atoms with Gasteiger partial charge in [-0.05, 0) is 43.2 Å². The summed E-state index contributed by atoms with van der Waals surface area (Å²) in [5.74, 6) is 0.223. The van der Waals surface area contributed by atoms with Gasteiger partial charge in [0.2, 0.25) is 5.91 Å². The van der Waals surface area contributed by atoms with Crippen molar-refractivity contribution in [3.05, 3.63) is 90.0 Å². The van der Waals surface area contributed by atoms with Crippen LogP contribution in [0.1, 0.15) is 37.3 Å². The Bertz CT molecular complexity index is 1020. The minimum absolute atomic E-state index is 0.0473. The molecule has 0 aliphatic carbocycles. The zero-order chi connectivity index (χ0) is 21.1. The first-order valence-electron chi connectivity index (χ1n) is 9.97. The number of carbonyl (C=O) groups excluding carboxylic acids is 2. The molecule has 5 nitrogen and oxygen atoms in total. The first kappa shape index (κ1) is 19.7. The van der Waals surface area contributed by atoms with Crippen molar-refractivity contribution in [3.8, 4) is 5.75 Å². The highest BCUT2D eigenvalue weighted by molar-refractivity contribution is 6.01. The number of ether oxygens (including phenoxy) is 1. The first-order chi connectivity index (χ1) is 14.4. The molecule has 4 rings (SSSR count). The van der Waals surface area contributed by atoms with Crippen LogP contribution < -0.4 is 15.4 Å². The standard InChI is InChI=1S/C25H24N2O3/c1-25(2)24(29)27-21-15-19(13-14-22(21)30-25)26-23(28)16-20(17-9-5-3-6-10-17)18-11-7-4-8-12-18/h3-15,20H,16H2,1-2H3,(H,26,28)(H,27,29). The quantitative estimate of drug-likeness (QED) is 0.636. The predicted octanol–water partition coefficient (Wildman–Crippen LogP) is 4.96. The van der Waals surface area contributed by atoms with Crippen molar-refractivity contribution in [2.75, 3.05) is 10.6 Å². The fraction of sp³-hybridized carbons (Fsp3) is 0.200. The maximum atomic E-state index is 12.9. The summed E-state index contributed by atoms with van der Waals surface area (Å²) >= 11 is 0. The average molecular weight is 400 g/mol. The number of fused-ring (bicyclic) bond motifs is 1. The van der Waals surface area contributed by atoms with E-state index in [1.54, 1.807) is 32.0 Å². The van der Waals surface area contributed by atoms with Gasteiger partial charge in [-0.3, -0.25) is 9.59 Å². The van der Waals surface area contributed by atoms with Gasteiger partial charge in [0, 0.05) is 18.0 Å². The molecule has 0 fully saturated rings. The maximum absolute atomic E-state index is 12.9. The highest BCUT2D eigenvalue weighted by atomic mass is 16.5. The average Bonchev–Trinajstić information content (AvgIpc) is 2.74. The number of anilines is 2. The number of hydrogen-bond acceptors (Lipinski definition) is 3. The van der Waals surface area contributed by atoms with Gasteiger partial charge in [-0.2, -0.15) is 0 Å². The lowest BCUT2D eigenvalue weighted by atomic mass is 9.88. The van der Waals surface area contributed by atoms with Gasteiger partial charge in [0.05, 0.1) is 5.69 Å². The lowest BCUT2D eigenvalue weighted by Gasteiger charge is -2.31. The fourth-order valence-corrected chi connectivity index (χ4v) is 3.58. The van der Waals surface area contributed by atoms with Crippen molar-refractivity contribution in [2.24, 2.45) is 0 Å². The molecule has 1 heterocycles. The summed E-state index contributed by atoms with van der Waals surface area (Å²) in [7, 11) is 0. The molecular formula is C25H24N2O3. The molecule has 2 amide bonds. The molecule has 1 aliphatic rings. The Morgan fingerprint density at radius 3 is 2.17 bits per heavy atom. The van der Waals surface area contributed by atoms with E-state index in [0.717, 1.165) is 11.1 Å². The third-order valence-electron chi connectivity index (χ3n) is 5.22. The molecule has 0 saturated carbocycles. The molecule has 2 N–H and O–H groups in total. The summed E-state index contributed by atoms with van der Waals surface area (Å²) in [5, 5.41) is 5.79. The van der Waals surface area contributed by atoms with Gasteiger partial charge in [-0.15, -0.1) is 0 Å². The van der Waals surface area contributed by atoms with Crippen molar-refractivity contribution in [1.82, 2.24) is 0 Å². The van der Waals surface area contributed by atoms with Crippen LogP contribution in [-0.2, 0) is 9.59 Å². The van der Waals surface area contributed by atoms with E-state index in [1.807, 2.05) is 60.7 Å². The topological polar surface area (TPSA) is 67.4 Å². The van der Waals surface area contributed by atoms with Crippen LogP contribution in [0, 0.1) is 0 Å². The van der Waals surface area contributed by atoms with Gasteiger partial charge in [0.25, 0.3) is 5.91 Å². The fourth-order valence-electron chi connectivity index (χ4n) is 3.58. The summed E-state index contributed by atoms with van der Waals surface area (Å²) < 4.78 is 5.75. The number of carbonyl (C=O) groups is 2. The van der Waals surface area contributed by atoms with Gasteiger partial charge < -0.3 is 15.4 Å². The third kappa shape index (κ3) is 4.20. The number of rotatable bonds is 5. The van der Waals surface area contributed by atoms with Crippen LogP contribution in [0.4, 0.5) is 11.4 Å². The molecule has 30 heavy (non-hydrogen) atoms. The van der Waals surface area contributed by atoms with Crippen LogP contribution in [-0.4, -0.2) is 17.4 Å². The van der Waals surface area contributed by atoms with Gasteiger partial charge in [-0.1, -0.05) is 60.7 Å². The molecule has 3 aromatic rings. The minimum Gasteiger partial charge on any atom is -0.476 e. The largest absolute Gasteiger partial charge is 0.476 e. The predicted molar refractivity (Wildman–Crippen MR) is 118 cm³/mol. The molecule has 0 unspecified atom stereocenters. The Balaban J connectivity index is 1.52.